The number of carbonyl (C=O) groups is 1. The van der Waals surface area contributed by atoms with E-state index in [1.54, 1.807) is 30.3 Å². The molecule has 92 valence electrons. The number of nitrogens with zero attached hydrogens (tertiary/aromatic N) is 1. The van der Waals surface area contributed by atoms with Crippen LogP contribution < -0.4 is 10.5 Å². The zero-order valence-corrected chi connectivity index (χ0v) is 11.3. The maximum Gasteiger partial charge on any atom is 0.252 e. The Hall–Kier alpha value is -1.88. The van der Waals surface area contributed by atoms with Gasteiger partial charge in [-0.1, -0.05) is 12.1 Å². The van der Waals surface area contributed by atoms with Gasteiger partial charge in [-0.3, -0.25) is 4.79 Å². The molecule has 5 heteroatoms. The summed E-state index contributed by atoms with van der Waals surface area (Å²) in [6, 6.07) is 10.3. The number of aromatic nitrogens is 1. The number of aryl methyl sites for hydroxylation is 1. The van der Waals surface area contributed by atoms with Crippen LogP contribution in [0.5, 0.6) is 11.6 Å². The van der Waals surface area contributed by atoms with E-state index in [4.69, 9.17) is 10.5 Å². The maximum absolute atomic E-state index is 11.2. The van der Waals surface area contributed by atoms with Gasteiger partial charge >= 0.3 is 0 Å². The topological polar surface area (TPSA) is 65.2 Å². The average molecular weight is 307 g/mol. The van der Waals surface area contributed by atoms with Gasteiger partial charge in [-0.05, 0) is 41.1 Å². The van der Waals surface area contributed by atoms with Crippen LogP contribution in [0, 0.1) is 6.92 Å². The summed E-state index contributed by atoms with van der Waals surface area (Å²) >= 11 is 3.36. The number of pyridine rings is 1. The summed E-state index contributed by atoms with van der Waals surface area (Å²) < 4.78 is 6.47. The molecule has 0 bridgehead atoms. The summed E-state index contributed by atoms with van der Waals surface area (Å²) in [5.74, 6) is 0.294. The molecular formula is C13H11BrN2O2. The number of para-hydroxylation sites is 1. The van der Waals surface area contributed by atoms with Gasteiger partial charge < -0.3 is 10.5 Å². The molecule has 1 aromatic heterocycles. The summed E-state index contributed by atoms with van der Waals surface area (Å²) in [6.45, 7) is 1.86. The molecule has 0 aliphatic carbocycles. The van der Waals surface area contributed by atoms with E-state index < -0.39 is 5.91 Å². The highest BCUT2D eigenvalue weighted by Gasteiger charge is 2.10. The van der Waals surface area contributed by atoms with E-state index in [1.165, 1.54) is 0 Å². The monoisotopic (exact) mass is 306 g/mol. The van der Waals surface area contributed by atoms with Crippen molar-refractivity contribution in [1.29, 1.82) is 0 Å². The number of rotatable bonds is 3. The highest BCUT2D eigenvalue weighted by Crippen LogP contribution is 2.25. The number of nitrogens with two attached hydrogens (primary N) is 1. The molecule has 2 N–H and O–H groups in total. The first-order chi connectivity index (χ1) is 8.58. The zero-order valence-electron chi connectivity index (χ0n) is 9.68. The molecule has 1 aromatic carbocycles. The SMILES string of the molecule is Cc1nc(Oc2ccccc2C(N)=O)ccc1Br. The molecule has 0 atom stereocenters. The smallest absolute Gasteiger partial charge is 0.252 e. The number of primary amides is 1. The lowest BCUT2D eigenvalue weighted by Gasteiger charge is -2.08. The van der Waals surface area contributed by atoms with E-state index in [-0.39, 0.29) is 0 Å². The number of halogens is 1. The fraction of sp³-hybridized carbons (Fsp3) is 0.0769. The van der Waals surface area contributed by atoms with Gasteiger partial charge in [0.1, 0.15) is 5.75 Å². The molecule has 0 fully saturated rings. The third-order valence-electron chi connectivity index (χ3n) is 2.36. The molecule has 1 amide bonds. The molecule has 2 rings (SSSR count). The number of hydrogen-bond donors (Lipinski definition) is 1. The van der Waals surface area contributed by atoms with Crippen molar-refractivity contribution in [2.45, 2.75) is 6.92 Å². The number of benzene rings is 1. The van der Waals surface area contributed by atoms with Crippen molar-refractivity contribution in [3.05, 3.63) is 52.1 Å². The Morgan fingerprint density at radius 1 is 1.28 bits per heavy atom. The molecule has 1 heterocycles. The predicted octanol–water partition coefficient (Wildman–Crippen LogP) is 3.04. The van der Waals surface area contributed by atoms with Crippen LogP contribution in [0.2, 0.25) is 0 Å². The third-order valence-corrected chi connectivity index (χ3v) is 3.20. The number of hydrogen-bond acceptors (Lipinski definition) is 3. The van der Waals surface area contributed by atoms with E-state index in [0.717, 1.165) is 10.2 Å². The van der Waals surface area contributed by atoms with Gasteiger partial charge in [0.2, 0.25) is 5.88 Å². The Labute approximate surface area is 113 Å². The Morgan fingerprint density at radius 3 is 2.67 bits per heavy atom. The Balaban J connectivity index is 2.34. The molecule has 18 heavy (non-hydrogen) atoms. The largest absolute Gasteiger partial charge is 0.438 e. The maximum atomic E-state index is 11.2. The van der Waals surface area contributed by atoms with E-state index in [0.29, 0.717) is 17.2 Å². The molecule has 0 radical (unpaired) electrons. The summed E-state index contributed by atoms with van der Waals surface area (Å²) in [5.41, 5.74) is 6.42. The molecule has 0 saturated carbocycles. The van der Waals surface area contributed by atoms with E-state index in [2.05, 4.69) is 20.9 Å². The Kier molecular flexibility index (Phi) is 3.62. The summed E-state index contributed by atoms with van der Waals surface area (Å²) in [6.07, 6.45) is 0. The van der Waals surface area contributed by atoms with Crippen LogP contribution in [0.15, 0.2) is 40.9 Å². The van der Waals surface area contributed by atoms with Crippen molar-refractivity contribution in [3.63, 3.8) is 0 Å². The summed E-state index contributed by atoms with van der Waals surface area (Å²) in [5, 5.41) is 0. The summed E-state index contributed by atoms with van der Waals surface area (Å²) in [4.78, 5) is 15.5. The zero-order chi connectivity index (χ0) is 13.1. The highest BCUT2D eigenvalue weighted by molar-refractivity contribution is 9.10. The molecule has 0 aliphatic rings. The lowest BCUT2D eigenvalue weighted by atomic mass is 10.2. The van der Waals surface area contributed by atoms with Crippen molar-refractivity contribution in [1.82, 2.24) is 4.98 Å². The van der Waals surface area contributed by atoms with Crippen LogP contribution in [0.4, 0.5) is 0 Å². The number of carbonyl (C=O) groups excluding carboxylic acids is 1. The molecular weight excluding hydrogens is 296 g/mol. The lowest BCUT2D eigenvalue weighted by molar-refractivity contribution is 0.0998. The quantitative estimate of drug-likeness (QED) is 0.948. The van der Waals surface area contributed by atoms with Crippen LogP contribution in [-0.2, 0) is 0 Å². The van der Waals surface area contributed by atoms with Gasteiger partial charge in [-0.15, -0.1) is 0 Å². The second-order valence-corrected chi connectivity index (χ2v) is 4.53. The molecule has 4 nitrogen and oxygen atoms in total. The van der Waals surface area contributed by atoms with Crippen LogP contribution in [-0.4, -0.2) is 10.9 Å². The molecule has 0 aliphatic heterocycles. The van der Waals surface area contributed by atoms with E-state index in [9.17, 15) is 4.79 Å². The van der Waals surface area contributed by atoms with Crippen LogP contribution >= 0.6 is 15.9 Å². The Bertz CT molecular complexity index is 599. The lowest BCUT2D eigenvalue weighted by Crippen LogP contribution is -2.12. The standard InChI is InChI=1S/C13H11BrN2O2/c1-8-10(14)6-7-12(16-8)18-11-5-3-2-4-9(11)13(15)17/h2-7H,1H3,(H2,15,17). The van der Waals surface area contributed by atoms with Crippen molar-refractivity contribution in [3.8, 4) is 11.6 Å². The predicted molar refractivity (Wildman–Crippen MR) is 71.7 cm³/mol. The fourth-order valence-corrected chi connectivity index (χ4v) is 1.67. The minimum atomic E-state index is -0.528. The third kappa shape index (κ3) is 2.68. The molecule has 2 aromatic rings. The van der Waals surface area contributed by atoms with Gasteiger partial charge in [0.25, 0.3) is 5.91 Å². The first kappa shape index (κ1) is 12.6. The Morgan fingerprint density at radius 2 is 2.00 bits per heavy atom. The van der Waals surface area contributed by atoms with Crippen LogP contribution in [0.1, 0.15) is 16.1 Å². The normalized spacial score (nSPS) is 10.1. The van der Waals surface area contributed by atoms with Crippen LogP contribution in [0.25, 0.3) is 0 Å². The molecule has 0 saturated heterocycles. The first-order valence-corrected chi connectivity index (χ1v) is 6.07. The van der Waals surface area contributed by atoms with Crippen molar-refractivity contribution in [2.75, 3.05) is 0 Å². The highest BCUT2D eigenvalue weighted by atomic mass is 79.9. The van der Waals surface area contributed by atoms with Gasteiger partial charge in [0.05, 0.1) is 11.3 Å². The van der Waals surface area contributed by atoms with E-state index in [1.807, 2.05) is 13.0 Å². The molecule has 0 unspecified atom stereocenters. The number of amides is 1. The minimum absolute atomic E-state index is 0.333. The van der Waals surface area contributed by atoms with Crippen molar-refractivity contribution < 1.29 is 9.53 Å². The minimum Gasteiger partial charge on any atom is -0.438 e. The average Bonchev–Trinajstić information content (AvgIpc) is 2.34. The molecule has 0 spiro atoms. The second kappa shape index (κ2) is 5.18. The van der Waals surface area contributed by atoms with Gasteiger partial charge in [-0.25, -0.2) is 4.98 Å². The van der Waals surface area contributed by atoms with Crippen molar-refractivity contribution in [2.24, 2.45) is 5.73 Å². The summed E-state index contributed by atoms with van der Waals surface area (Å²) in [7, 11) is 0. The van der Waals surface area contributed by atoms with E-state index >= 15 is 0 Å². The van der Waals surface area contributed by atoms with Gasteiger partial charge in [-0.2, -0.15) is 0 Å². The van der Waals surface area contributed by atoms with Crippen molar-refractivity contribution >= 4 is 21.8 Å². The van der Waals surface area contributed by atoms with Gasteiger partial charge in [0.15, 0.2) is 0 Å². The fourth-order valence-electron chi connectivity index (χ4n) is 1.45. The number of ether oxygens (including phenoxy) is 1. The van der Waals surface area contributed by atoms with Gasteiger partial charge in [0, 0.05) is 10.5 Å². The first-order valence-electron chi connectivity index (χ1n) is 5.28. The van der Waals surface area contributed by atoms with Crippen LogP contribution in [0.3, 0.4) is 0 Å². The second-order valence-electron chi connectivity index (χ2n) is 3.68.